The number of hydrogen-bond acceptors (Lipinski definition) is 6. The van der Waals surface area contributed by atoms with Gasteiger partial charge in [-0.05, 0) is 29.7 Å². The molecule has 2 aromatic carbocycles. The molecule has 0 bridgehead atoms. The predicted octanol–water partition coefficient (Wildman–Crippen LogP) is 4.72. The highest BCUT2D eigenvalue weighted by Crippen LogP contribution is 2.42. The van der Waals surface area contributed by atoms with Gasteiger partial charge in [0.15, 0.2) is 0 Å². The molecule has 0 saturated heterocycles. The number of nitrogens with one attached hydrogen (secondary N) is 1. The number of aromatic nitrogens is 4. The fraction of sp³-hybridized carbons (Fsp3) is 0.333. The summed E-state index contributed by atoms with van der Waals surface area (Å²) in [5, 5.41) is 16.9. The van der Waals surface area contributed by atoms with Gasteiger partial charge in [-0.3, -0.25) is 9.48 Å². The molecule has 1 unspecified atom stereocenters. The zero-order chi connectivity index (χ0) is 22.6. The van der Waals surface area contributed by atoms with Gasteiger partial charge in [-0.25, -0.2) is 0 Å². The third-order valence-electron chi connectivity index (χ3n) is 5.67. The number of methoxy groups -OCH3 is 1. The lowest BCUT2D eigenvalue weighted by atomic mass is 9.70. The van der Waals surface area contributed by atoms with Gasteiger partial charge in [-0.2, -0.15) is 5.10 Å². The largest absolute Gasteiger partial charge is 0.385 e. The number of hydrogen-bond donors (Lipinski definition) is 1. The van der Waals surface area contributed by atoms with Gasteiger partial charge in [0.05, 0.1) is 10.9 Å². The summed E-state index contributed by atoms with van der Waals surface area (Å²) >= 11 is 1.31. The fourth-order valence-electron chi connectivity index (χ4n) is 4.05. The first-order chi connectivity index (χ1) is 15.5. The van der Waals surface area contributed by atoms with Crippen molar-refractivity contribution in [3.05, 3.63) is 71.4 Å². The van der Waals surface area contributed by atoms with E-state index < -0.39 is 5.41 Å². The molecule has 0 aliphatic heterocycles. The third kappa shape index (κ3) is 4.71. The normalized spacial score (nSPS) is 12.7. The second kappa shape index (κ2) is 9.58. The van der Waals surface area contributed by atoms with E-state index in [0.717, 1.165) is 35.0 Å². The lowest BCUT2D eigenvalue weighted by molar-refractivity contribution is -0.124. The Balaban J connectivity index is 1.70. The minimum absolute atomic E-state index is 0.0986. The Hall–Kier alpha value is -3.10. The molecule has 0 aliphatic rings. The van der Waals surface area contributed by atoms with Crippen molar-refractivity contribution in [1.82, 2.24) is 20.0 Å². The van der Waals surface area contributed by atoms with Crippen molar-refractivity contribution >= 4 is 33.3 Å². The van der Waals surface area contributed by atoms with Gasteiger partial charge >= 0.3 is 0 Å². The van der Waals surface area contributed by atoms with Crippen LogP contribution in [0.1, 0.15) is 37.3 Å². The summed E-state index contributed by atoms with van der Waals surface area (Å²) < 4.78 is 7.10. The van der Waals surface area contributed by atoms with Crippen LogP contribution in [0.3, 0.4) is 0 Å². The van der Waals surface area contributed by atoms with Crippen LogP contribution < -0.4 is 5.32 Å². The van der Waals surface area contributed by atoms with Crippen LogP contribution in [0, 0.1) is 5.41 Å². The van der Waals surface area contributed by atoms with Gasteiger partial charge in [-0.15, -0.1) is 10.2 Å². The van der Waals surface area contributed by atoms with E-state index in [2.05, 4.69) is 51.1 Å². The van der Waals surface area contributed by atoms with E-state index >= 15 is 0 Å². The van der Waals surface area contributed by atoms with Gasteiger partial charge < -0.3 is 10.1 Å². The highest BCUT2D eigenvalue weighted by molar-refractivity contribution is 7.13. The van der Waals surface area contributed by atoms with Gasteiger partial charge in [0.2, 0.25) is 11.0 Å². The first-order valence-corrected chi connectivity index (χ1v) is 11.5. The molecule has 1 atom stereocenters. The molecule has 8 heteroatoms. The van der Waals surface area contributed by atoms with Crippen LogP contribution in [-0.4, -0.2) is 39.6 Å². The van der Waals surface area contributed by atoms with Crippen molar-refractivity contribution in [3.8, 4) is 0 Å². The summed E-state index contributed by atoms with van der Waals surface area (Å²) in [5.74, 6) is -0.253. The predicted molar refractivity (Wildman–Crippen MR) is 127 cm³/mol. The first kappa shape index (κ1) is 22.1. The van der Waals surface area contributed by atoms with Crippen molar-refractivity contribution < 1.29 is 9.53 Å². The molecular weight excluding hydrogens is 422 g/mol. The number of anilines is 1. The van der Waals surface area contributed by atoms with Crippen LogP contribution in [-0.2, 0) is 16.1 Å². The highest BCUT2D eigenvalue weighted by atomic mass is 32.1. The molecule has 2 aromatic heterocycles. The molecule has 4 aromatic rings. The summed E-state index contributed by atoms with van der Waals surface area (Å²) in [4.78, 5) is 13.3. The molecule has 7 nitrogen and oxygen atoms in total. The molecule has 0 aliphatic carbocycles. The van der Waals surface area contributed by atoms with Crippen molar-refractivity contribution in [1.29, 1.82) is 0 Å². The minimum atomic E-state index is -0.741. The lowest BCUT2D eigenvalue weighted by Crippen LogP contribution is -2.37. The second-order valence-electron chi connectivity index (χ2n) is 8.32. The van der Waals surface area contributed by atoms with Gasteiger partial charge in [-0.1, -0.05) is 61.6 Å². The average molecular weight is 450 g/mol. The Morgan fingerprint density at radius 1 is 1.19 bits per heavy atom. The van der Waals surface area contributed by atoms with Crippen molar-refractivity contribution in [3.63, 3.8) is 0 Å². The topological polar surface area (TPSA) is 81.9 Å². The van der Waals surface area contributed by atoms with Crippen LogP contribution in [0.4, 0.5) is 5.13 Å². The minimum Gasteiger partial charge on any atom is -0.385 e. The molecule has 1 N–H and O–H groups in total. The number of amides is 1. The monoisotopic (exact) mass is 449 g/mol. The molecule has 2 heterocycles. The Morgan fingerprint density at radius 2 is 2.00 bits per heavy atom. The number of aryl methyl sites for hydroxylation is 1. The molecule has 0 fully saturated rings. The van der Waals surface area contributed by atoms with Crippen LogP contribution >= 0.6 is 11.3 Å². The molecule has 0 spiro atoms. The van der Waals surface area contributed by atoms with Gasteiger partial charge in [0, 0.05) is 37.8 Å². The van der Waals surface area contributed by atoms with Crippen molar-refractivity contribution in [2.24, 2.45) is 5.41 Å². The first-order valence-electron chi connectivity index (χ1n) is 10.6. The molecule has 0 saturated carbocycles. The number of carbonyl (C=O) groups excluding carboxylic acids is 1. The molecular formula is C24H27N5O2S. The Morgan fingerprint density at radius 3 is 2.72 bits per heavy atom. The zero-order valence-corrected chi connectivity index (χ0v) is 19.3. The molecule has 4 rings (SSSR count). The maximum atomic E-state index is 13.3. The van der Waals surface area contributed by atoms with Gasteiger partial charge in [0.25, 0.3) is 0 Å². The van der Waals surface area contributed by atoms with E-state index in [0.29, 0.717) is 11.7 Å². The Labute approximate surface area is 191 Å². The Kier molecular flexibility index (Phi) is 6.62. The average Bonchev–Trinajstić information content (AvgIpc) is 3.44. The maximum absolute atomic E-state index is 13.3. The van der Waals surface area contributed by atoms with Crippen LogP contribution in [0.5, 0.6) is 0 Å². The fourth-order valence-corrected chi connectivity index (χ4v) is 4.49. The van der Waals surface area contributed by atoms with E-state index in [9.17, 15) is 4.79 Å². The van der Waals surface area contributed by atoms with E-state index in [4.69, 9.17) is 4.74 Å². The van der Waals surface area contributed by atoms with E-state index in [1.807, 2.05) is 42.8 Å². The number of ether oxygens (including phenoxy) is 1. The SMILES string of the molecule is COCCCn1cc2cc(C(c3ccccc3)C(C)(C)C(=O)Nc3nncs3)ccc2n1. The number of rotatable bonds is 9. The number of carbonyl (C=O) groups is 1. The van der Waals surface area contributed by atoms with E-state index in [1.54, 1.807) is 12.6 Å². The lowest BCUT2D eigenvalue weighted by Gasteiger charge is -2.33. The number of nitrogens with zero attached hydrogens (tertiary/aromatic N) is 4. The van der Waals surface area contributed by atoms with Crippen molar-refractivity contribution in [2.75, 3.05) is 19.0 Å². The summed E-state index contributed by atoms with van der Waals surface area (Å²) in [5.41, 5.74) is 3.95. The third-order valence-corrected chi connectivity index (χ3v) is 6.27. The van der Waals surface area contributed by atoms with Crippen LogP contribution in [0.25, 0.3) is 10.9 Å². The standard InChI is InChI=1S/C24H27N5O2S/c1-24(2,22(30)26-23-27-25-16-32-23)21(17-8-5-4-6-9-17)18-10-11-20-19(14-18)15-29(28-20)12-7-13-31-3/h4-6,8-11,14-16,21H,7,12-13H2,1-3H3,(H,26,27,30). The summed E-state index contributed by atoms with van der Waals surface area (Å²) in [6.45, 7) is 5.45. The summed E-state index contributed by atoms with van der Waals surface area (Å²) in [6, 6.07) is 16.4. The quantitative estimate of drug-likeness (QED) is 0.374. The summed E-state index contributed by atoms with van der Waals surface area (Å²) in [6.07, 6.45) is 2.97. The molecule has 166 valence electrons. The number of fused-ring (bicyclic) bond motifs is 1. The highest BCUT2D eigenvalue weighted by Gasteiger charge is 2.39. The van der Waals surface area contributed by atoms with Crippen molar-refractivity contribution in [2.45, 2.75) is 32.7 Å². The van der Waals surface area contributed by atoms with Crippen LogP contribution in [0.2, 0.25) is 0 Å². The maximum Gasteiger partial charge on any atom is 0.232 e. The molecule has 0 radical (unpaired) electrons. The zero-order valence-electron chi connectivity index (χ0n) is 18.5. The number of benzene rings is 2. The molecule has 1 amide bonds. The van der Waals surface area contributed by atoms with E-state index in [1.165, 1.54) is 11.3 Å². The molecule has 32 heavy (non-hydrogen) atoms. The second-order valence-corrected chi connectivity index (χ2v) is 9.15. The smallest absolute Gasteiger partial charge is 0.232 e. The van der Waals surface area contributed by atoms with Crippen LogP contribution in [0.15, 0.2) is 60.2 Å². The Bertz CT molecular complexity index is 1170. The van der Waals surface area contributed by atoms with E-state index in [-0.39, 0.29) is 11.8 Å². The summed E-state index contributed by atoms with van der Waals surface area (Å²) in [7, 11) is 1.71. The van der Waals surface area contributed by atoms with Gasteiger partial charge in [0.1, 0.15) is 5.51 Å².